The molecule has 0 aliphatic rings. The van der Waals surface area contributed by atoms with E-state index in [1.54, 1.807) is 6.08 Å². The van der Waals surface area contributed by atoms with Crippen molar-refractivity contribution in [1.29, 1.82) is 0 Å². The molecule has 0 heterocycles. The Labute approximate surface area is 396 Å². The number of hydrogen-bond donors (Lipinski definition) is 3. The van der Waals surface area contributed by atoms with Crippen molar-refractivity contribution in [2.75, 3.05) is 6.61 Å². The molecular formula is C59H115NO3. The predicted molar refractivity (Wildman–Crippen MR) is 281 cm³/mol. The molecule has 3 N–H and O–H groups in total. The lowest BCUT2D eigenvalue weighted by Gasteiger charge is -2.19. The lowest BCUT2D eigenvalue weighted by atomic mass is 10.0. The van der Waals surface area contributed by atoms with E-state index in [1.807, 2.05) is 6.08 Å². The number of carbonyl (C=O) groups excluding carboxylic acids is 1. The zero-order valence-corrected chi connectivity index (χ0v) is 43.1. The molecular weight excluding hydrogens is 771 g/mol. The van der Waals surface area contributed by atoms with Crippen LogP contribution in [0.2, 0.25) is 0 Å². The third kappa shape index (κ3) is 51.7. The number of aliphatic hydroxyl groups excluding tert-OH is 2. The molecule has 0 aromatic carbocycles. The molecule has 1 amide bonds. The highest BCUT2D eigenvalue weighted by molar-refractivity contribution is 5.76. The Hall–Kier alpha value is -1.13. The summed E-state index contributed by atoms with van der Waals surface area (Å²) in [6.45, 7) is 4.34. The number of aliphatic hydroxyl groups is 2. The molecule has 0 saturated heterocycles. The molecule has 4 heteroatoms. The van der Waals surface area contributed by atoms with Crippen LogP contribution in [-0.4, -0.2) is 34.9 Å². The van der Waals surface area contributed by atoms with Crippen molar-refractivity contribution in [3.63, 3.8) is 0 Å². The van der Waals surface area contributed by atoms with Crippen LogP contribution < -0.4 is 5.32 Å². The fourth-order valence-electron chi connectivity index (χ4n) is 9.26. The van der Waals surface area contributed by atoms with Gasteiger partial charge in [-0.15, -0.1) is 0 Å². The van der Waals surface area contributed by atoms with Crippen LogP contribution in [0.15, 0.2) is 24.3 Å². The second kappa shape index (κ2) is 55.2. The molecule has 0 aliphatic carbocycles. The molecule has 0 bridgehead atoms. The van der Waals surface area contributed by atoms with Gasteiger partial charge in [0.05, 0.1) is 18.8 Å². The van der Waals surface area contributed by atoms with E-state index < -0.39 is 12.1 Å². The van der Waals surface area contributed by atoms with E-state index in [1.165, 1.54) is 276 Å². The highest BCUT2D eigenvalue weighted by Gasteiger charge is 2.18. The minimum absolute atomic E-state index is 0.0667. The molecule has 0 spiro atoms. The Bertz CT molecular complexity index is 916. The molecule has 0 saturated carbocycles. The maximum absolute atomic E-state index is 12.5. The summed E-state index contributed by atoms with van der Waals surface area (Å²) < 4.78 is 0. The van der Waals surface area contributed by atoms with Crippen molar-refractivity contribution in [3.8, 4) is 0 Å². The van der Waals surface area contributed by atoms with Crippen LogP contribution in [0.4, 0.5) is 0 Å². The van der Waals surface area contributed by atoms with Gasteiger partial charge in [0.15, 0.2) is 0 Å². The lowest BCUT2D eigenvalue weighted by molar-refractivity contribution is -0.123. The third-order valence-electron chi connectivity index (χ3n) is 13.7. The SMILES string of the molecule is CCCCCCCCCCCCCCCCCCCCCCCCCC/C=C/CC/C=C/C(O)C(CO)NC(=O)CCCCCCCCCCCCCCCCCCCCCCC. The number of hydrogen-bond acceptors (Lipinski definition) is 3. The zero-order chi connectivity index (χ0) is 45.6. The minimum Gasteiger partial charge on any atom is -0.394 e. The Kier molecular flexibility index (Phi) is 54.2. The summed E-state index contributed by atoms with van der Waals surface area (Å²) in [7, 11) is 0. The molecule has 0 aromatic rings. The van der Waals surface area contributed by atoms with E-state index in [4.69, 9.17) is 0 Å². The van der Waals surface area contributed by atoms with Crippen molar-refractivity contribution in [2.45, 2.75) is 341 Å². The van der Waals surface area contributed by atoms with Gasteiger partial charge in [-0.1, -0.05) is 314 Å². The van der Waals surface area contributed by atoms with Gasteiger partial charge < -0.3 is 15.5 Å². The van der Waals surface area contributed by atoms with Gasteiger partial charge in [0.2, 0.25) is 5.91 Å². The first-order valence-corrected chi connectivity index (χ1v) is 29.1. The van der Waals surface area contributed by atoms with Crippen LogP contribution in [-0.2, 0) is 4.79 Å². The van der Waals surface area contributed by atoms with Gasteiger partial charge in [-0.05, 0) is 32.1 Å². The first-order chi connectivity index (χ1) is 31.2. The standard InChI is InChI=1S/C59H115NO3/c1-3-5-7-9-11-13-15-17-19-21-23-25-26-27-28-29-30-31-32-33-35-36-38-40-42-44-46-48-50-52-54-58(62)57(56-61)60-59(63)55-53-51-49-47-45-43-41-39-37-34-24-22-20-18-16-14-12-10-8-6-4-2/h44,46,52,54,57-58,61-62H,3-43,45,47-51,53,55-56H2,1-2H3,(H,60,63)/b46-44+,54-52+. The van der Waals surface area contributed by atoms with Gasteiger partial charge in [-0.25, -0.2) is 0 Å². The molecule has 2 atom stereocenters. The summed E-state index contributed by atoms with van der Waals surface area (Å²) >= 11 is 0. The topological polar surface area (TPSA) is 69.6 Å². The van der Waals surface area contributed by atoms with Crippen LogP contribution >= 0.6 is 0 Å². The lowest BCUT2D eigenvalue weighted by Crippen LogP contribution is -2.45. The van der Waals surface area contributed by atoms with Crippen LogP contribution in [0.1, 0.15) is 328 Å². The summed E-state index contributed by atoms with van der Waals surface area (Å²) in [4.78, 5) is 12.5. The molecule has 0 aliphatic heterocycles. The average molecular weight is 887 g/mol. The molecule has 2 unspecified atom stereocenters. The normalized spacial score (nSPS) is 12.9. The Balaban J connectivity index is 3.48. The predicted octanol–water partition coefficient (Wildman–Crippen LogP) is 19.1. The smallest absolute Gasteiger partial charge is 0.220 e. The fraction of sp³-hybridized carbons (Fsp3) is 0.915. The Morgan fingerprint density at radius 1 is 0.365 bits per heavy atom. The molecule has 0 radical (unpaired) electrons. The van der Waals surface area contributed by atoms with E-state index >= 15 is 0 Å². The van der Waals surface area contributed by atoms with Gasteiger partial charge in [0, 0.05) is 6.42 Å². The second-order valence-corrected chi connectivity index (χ2v) is 20.1. The number of amides is 1. The van der Waals surface area contributed by atoms with E-state index in [-0.39, 0.29) is 12.5 Å². The summed E-state index contributed by atoms with van der Waals surface area (Å²) in [5.74, 6) is -0.0667. The first-order valence-electron chi connectivity index (χ1n) is 29.1. The van der Waals surface area contributed by atoms with Crippen LogP contribution in [0, 0.1) is 0 Å². The van der Waals surface area contributed by atoms with Crippen LogP contribution in [0.5, 0.6) is 0 Å². The van der Waals surface area contributed by atoms with Crippen molar-refractivity contribution >= 4 is 5.91 Å². The number of unbranched alkanes of at least 4 members (excludes halogenated alkanes) is 45. The third-order valence-corrected chi connectivity index (χ3v) is 13.7. The largest absolute Gasteiger partial charge is 0.394 e. The average Bonchev–Trinajstić information content (AvgIpc) is 3.29. The summed E-state index contributed by atoms with van der Waals surface area (Å²) in [5.41, 5.74) is 0. The summed E-state index contributed by atoms with van der Waals surface area (Å²) in [6.07, 6.45) is 73.6. The highest BCUT2D eigenvalue weighted by atomic mass is 16.3. The summed E-state index contributed by atoms with van der Waals surface area (Å²) in [5, 5.41) is 23.2. The molecule has 4 nitrogen and oxygen atoms in total. The van der Waals surface area contributed by atoms with Gasteiger partial charge in [0.25, 0.3) is 0 Å². The zero-order valence-electron chi connectivity index (χ0n) is 43.1. The minimum atomic E-state index is -0.860. The molecule has 63 heavy (non-hydrogen) atoms. The Morgan fingerprint density at radius 3 is 0.921 bits per heavy atom. The van der Waals surface area contributed by atoms with Crippen molar-refractivity contribution < 1.29 is 15.0 Å². The highest BCUT2D eigenvalue weighted by Crippen LogP contribution is 2.18. The molecule has 374 valence electrons. The molecule has 0 fully saturated rings. The van der Waals surface area contributed by atoms with Gasteiger partial charge in [-0.2, -0.15) is 0 Å². The summed E-state index contributed by atoms with van der Waals surface area (Å²) in [6, 6.07) is -0.636. The first kappa shape index (κ1) is 61.9. The monoisotopic (exact) mass is 886 g/mol. The van der Waals surface area contributed by atoms with Crippen LogP contribution in [0.25, 0.3) is 0 Å². The second-order valence-electron chi connectivity index (χ2n) is 20.1. The number of carbonyl (C=O) groups is 1. The maximum Gasteiger partial charge on any atom is 0.220 e. The van der Waals surface area contributed by atoms with E-state index in [0.717, 1.165) is 32.1 Å². The maximum atomic E-state index is 12.5. The van der Waals surface area contributed by atoms with E-state index in [0.29, 0.717) is 6.42 Å². The van der Waals surface area contributed by atoms with Crippen LogP contribution in [0.3, 0.4) is 0 Å². The molecule has 0 aromatic heterocycles. The van der Waals surface area contributed by atoms with Crippen molar-refractivity contribution in [2.24, 2.45) is 0 Å². The van der Waals surface area contributed by atoms with E-state index in [9.17, 15) is 15.0 Å². The quantitative estimate of drug-likeness (QED) is 0.0421. The van der Waals surface area contributed by atoms with Gasteiger partial charge in [-0.3, -0.25) is 4.79 Å². The van der Waals surface area contributed by atoms with Gasteiger partial charge >= 0.3 is 0 Å². The molecule has 0 rings (SSSR count). The van der Waals surface area contributed by atoms with E-state index in [2.05, 4.69) is 31.3 Å². The Morgan fingerprint density at radius 2 is 0.619 bits per heavy atom. The number of allylic oxidation sites excluding steroid dienone is 3. The fourth-order valence-corrected chi connectivity index (χ4v) is 9.26. The number of nitrogens with one attached hydrogen (secondary N) is 1. The number of rotatable bonds is 54. The van der Waals surface area contributed by atoms with Crippen molar-refractivity contribution in [1.82, 2.24) is 5.32 Å². The van der Waals surface area contributed by atoms with Crippen molar-refractivity contribution in [3.05, 3.63) is 24.3 Å². The van der Waals surface area contributed by atoms with Gasteiger partial charge in [0.1, 0.15) is 0 Å².